The van der Waals surface area contributed by atoms with Crippen LogP contribution >= 0.6 is 11.6 Å². The highest BCUT2D eigenvalue weighted by atomic mass is 35.5. The highest BCUT2D eigenvalue weighted by Gasteiger charge is 2.24. The molecule has 1 fully saturated rings. The zero-order chi connectivity index (χ0) is 16.7. The summed E-state index contributed by atoms with van der Waals surface area (Å²) < 4.78 is 0. The number of carbonyl (C=O) groups excluding carboxylic acids is 1. The Bertz CT molecular complexity index is 643. The van der Waals surface area contributed by atoms with E-state index in [4.69, 9.17) is 11.6 Å². The minimum atomic E-state index is -0.342. The molecule has 4 heteroatoms. The number of rotatable bonds is 4. The highest BCUT2D eigenvalue weighted by molar-refractivity contribution is 6.33. The lowest BCUT2D eigenvalue weighted by molar-refractivity contribution is -0.118. The standard InChI is InChI=1S/C19H21ClN2O/c1-14-7-5-6-10-18(14)22-19(23)16(13-21)12-17(20)11-15-8-3-2-4-9-15/h2-4,8-9,11-12,14,18H,5-7,10H2,1H3,(H,22,23)/b16-12+,17-11-/t14-,18+/m0/s1. The summed E-state index contributed by atoms with van der Waals surface area (Å²) in [6.07, 6.45) is 7.58. The Kier molecular flexibility index (Phi) is 6.43. The smallest absolute Gasteiger partial charge is 0.262 e. The second-order valence-corrected chi connectivity index (χ2v) is 6.39. The molecule has 0 bridgehead atoms. The second kappa shape index (κ2) is 8.55. The predicted octanol–water partition coefficient (Wildman–Crippen LogP) is 4.41. The van der Waals surface area contributed by atoms with Gasteiger partial charge in [0.05, 0.1) is 0 Å². The zero-order valence-electron chi connectivity index (χ0n) is 13.3. The fraction of sp³-hybridized carbons (Fsp3) is 0.368. The van der Waals surface area contributed by atoms with E-state index in [2.05, 4.69) is 12.2 Å². The molecular formula is C19H21ClN2O. The molecule has 1 N–H and O–H groups in total. The van der Waals surface area contributed by atoms with Crippen molar-refractivity contribution in [2.45, 2.75) is 38.6 Å². The molecule has 1 amide bonds. The SMILES string of the molecule is C[C@H]1CCCC[C@H]1NC(=O)/C(C#N)=C/C(Cl)=C/c1ccccc1. The van der Waals surface area contributed by atoms with Crippen LogP contribution in [0.2, 0.25) is 0 Å². The van der Waals surface area contributed by atoms with Crippen LogP contribution in [0.15, 0.2) is 47.0 Å². The van der Waals surface area contributed by atoms with E-state index < -0.39 is 0 Å². The number of carbonyl (C=O) groups is 1. The van der Waals surface area contributed by atoms with Crippen molar-refractivity contribution in [2.75, 3.05) is 0 Å². The number of halogens is 1. The lowest BCUT2D eigenvalue weighted by atomic mass is 9.86. The van der Waals surface area contributed by atoms with E-state index in [0.717, 1.165) is 24.8 Å². The van der Waals surface area contributed by atoms with Gasteiger partial charge in [0.2, 0.25) is 0 Å². The van der Waals surface area contributed by atoms with E-state index in [1.54, 1.807) is 6.08 Å². The minimum Gasteiger partial charge on any atom is -0.348 e. The van der Waals surface area contributed by atoms with E-state index in [9.17, 15) is 10.1 Å². The Labute approximate surface area is 142 Å². The first-order valence-corrected chi connectivity index (χ1v) is 8.33. The summed E-state index contributed by atoms with van der Waals surface area (Å²) in [5, 5.41) is 12.6. The molecule has 23 heavy (non-hydrogen) atoms. The first-order valence-electron chi connectivity index (χ1n) is 7.95. The van der Waals surface area contributed by atoms with Gasteiger partial charge in [0.25, 0.3) is 5.91 Å². The number of nitrogens with one attached hydrogen (secondary N) is 1. The summed E-state index contributed by atoms with van der Waals surface area (Å²) >= 11 is 6.16. The van der Waals surface area contributed by atoms with E-state index in [0.29, 0.717) is 11.0 Å². The molecule has 1 saturated carbocycles. The molecule has 0 saturated heterocycles. The molecule has 1 aromatic carbocycles. The predicted molar refractivity (Wildman–Crippen MR) is 93.5 cm³/mol. The molecule has 0 unspecified atom stereocenters. The molecule has 0 aromatic heterocycles. The largest absolute Gasteiger partial charge is 0.348 e. The monoisotopic (exact) mass is 328 g/mol. The van der Waals surface area contributed by atoms with Gasteiger partial charge in [0.1, 0.15) is 11.6 Å². The van der Waals surface area contributed by atoms with Crippen molar-refractivity contribution in [3.8, 4) is 6.07 Å². The average molecular weight is 329 g/mol. The van der Waals surface area contributed by atoms with Crippen LogP contribution in [0.25, 0.3) is 6.08 Å². The first kappa shape index (κ1) is 17.3. The normalized spacial score (nSPS) is 22.3. The van der Waals surface area contributed by atoms with Crippen LogP contribution in [0.3, 0.4) is 0 Å². The van der Waals surface area contributed by atoms with Crippen molar-refractivity contribution < 1.29 is 4.79 Å². The third-order valence-electron chi connectivity index (χ3n) is 4.18. The van der Waals surface area contributed by atoms with E-state index in [-0.39, 0.29) is 17.5 Å². The Hall–Kier alpha value is -2.05. The fourth-order valence-corrected chi connectivity index (χ4v) is 3.05. The molecule has 0 radical (unpaired) electrons. The van der Waals surface area contributed by atoms with Gasteiger partial charge in [-0.3, -0.25) is 4.79 Å². The second-order valence-electron chi connectivity index (χ2n) is 5.95. The van der Waals surface area contributed by atoms with Crippen molar-refractivity contribution in [1.29, 1.82) is 5.26 Å². The minimum absolute atomic E-state index is 0.0416. The quantitative estimate of drug-likeness (QED) is 0.505. The van der Waals surface area contributed by atoms with Crippen LogP contribution in [-0.4, -0.2) is 11.9 Å². The van der Waals surface area contributed by atoms with Gasteiger partial charge in [0, 0.05) is 11.1 Å². The molecule has 0 heterocycles. The summed E-state index contributed by atoms with van der Waals surface area (Å²) in [4.78, 5) is 12.3. The maximum Gasteiger partial charge on any atom is 0.262 e. The number of benzene rings is 1. The maximum absolute atomic E-state index is 12.3. The third kappa shape index (κ3) is 5.26. The molecule has 1 aliphatic rings. The summed E-state index contributed by atoms with van der Waals surface area (Å²) in [7, 11) is 0. The van der Waals surface area contributed by atoms with Gasteiger partial charge in [-0.2, -0.15) is 5.26 Å². The Balaban J connectivity index is 2.07. The maximum atomic E-state index is 12.3. The average Bonchev–Trinajstić information content (AvgIpc) is 2.55. The zero-order valence-corrected chi connectivity index (χ0v) is 14.0. The summed E-state index contributed by atoms with van der Waals surface area (Å²) in [6.45, 7) is 2.14. The van der Waals surface area contributed by atoms with Crippen molar-refractivity contribution in [3.05, 3.63) is 52.6 Å². The van der Waals surface area contributed by atoms with Gasteiger partial charge in [-0.15, -0.1) is 0 Å². The molecule has 0 spiro atoms. The van der Waals surface area contributed by atoms with Crippen LogP contribution in [0.1, 0.15) is 38.2 Å². The lowest BCUT2D eigenvalue weighted by Crippen LogP contribution is -2.41. The number of hydrogen-bond donors (Lipinski definition) is 1. The number of nitriles is 1. The van der Waals surface area contributed by atoms with Gasteiger partial charge in [-0.25, -0.2) is 0 Å². The van der Waals surface area contributed by atoms with Crippen LogP contribution < -0.4 is 5.32 Å². The highest BCUT2D eigenvalue weighted by Crippen LogP contribution is 2.24. The van der Waals surface area contributed by atoms with Crippen LogP contribution in [0.4, 0.5) is 0 Å². The third-order valence-corrected chi connectivity index (χ3v) is 4.40. The van der Waals surface area contributed by atoms with Gasteiger partial charge in [0.15, 0.2) is 0 Å². The molecule has 1 aromatic rings. The van der Waals surface area contributed by atoms with Gasteiger partial charge < -0.3 is 5.32 Å². The molecule has 1 aliphatic carbocycles. The molecule has 120 valence electrons. The van der Waals surface area contributed by atoms with E-state index >= 15 is 0 Å². The molecule has 2 rings (SSSR count). The van der Waals surface area contributed by atoms with Crippen LogP contribution in [0.5, 0.6) is 0 Å². The van der Waals surface area contributed by atoms with E-state index in [1.165, 1.54) is 12.5 Å². The molecular weight excluding hydrogens is 308 g/mol. The van der Waals surface area contributed by atoms with Crippen LogP contribution in [0, 0.1) is 17.2 Å². The van der Waals surface area contributed by atoms with Crippen LogP contribution in [-0.2, 0) is 4.79 Å². The van der Waals surface area contributed by atoms with Gasteiger partial charge >= 0.3 is 0 Å². The first-order chi connectivity index (χ1) is 11.1. The van der Waals surface area contributed by atoms with Crippen molar-refractivity contribution in [1.82, 2.24) is 5.32 Å². The topological polar surface area (TPSA) is 52.9 Å². The molecule has 3 nitrogen and oxygen atoms in total. The van der Waals surface area contributed by atoms with Crippen molar-refractivity contribution in [2.24, 2.45) is 5.92 Å². The van der Waals surface area contributed by atoms with E-state index in [1.807, 2.05) is 36.4 Å². The fourth-order valence-electron chi connectivity index (χ4n) is 2.81. The Morgan fingerprint density at radius 3 is 2.65 bits per heavy atom. The summed E-state index contributed by atoms with van der Waals surface area (Å²) in [5.41, 5.74) is 0.965. The van der Waals surface area contributed by atoms with Gasteiger partial charge in [-0.05, 0) is 36.5 Å². The molecule has 0 aliphatic heterocycles. The summed E-state index contributed by atoms with van der Waals surface area (Å²) in [5.74, 6) is 0.105. The number of amides is 1. The lowest BCUT2D eigenvalue weighted by Gasteiger charge is -2.29. The number of hydrogen-bond acceptors (Lipinski definition) is 2. The summed E-state index contributed by atoms with van der Waals surface area (Å²) in [6, 6.07) is 11.6. The number of allylic oxidation sites excluding steroid dienone is 2. The number of nitrogens with zero attached hydrogens (tertiary/aromatic N) is 1. The Morgan fingerprint density at radius 1 is 1.30 bits per heavy atom. The Morgan fingerprint density at radius 2 is 2.00 bits per heavy atom. The van der Waals surface area contributed by atoms with Crippen molar-refractivity contribution >= 4 is 23.6 Å². The molecule has 2 atom stereocenters. The van der Waals surface area contributed by atoms with Gasteiger partial charge in [-0.1, -0.05) is 61.7 Å². The van der Waals surface area contributed by atoms with Crippen molar-refractivity contribution in [3.63, 3.8) is 0 Å².